The van der Waals surface area contributed by atoms with Crippen LogP contribution in [-0.2, 0) is 6.42 Å². The van der Waals surface area contributed by atoms with Crippen molar-refractivity contribution in [2.45, 2.75) is 6.42 Å². The summed E-state index contributed by atoms with van der Waals surface area (Å²) in [6, 6.07) is 6.33. The van der Waals surface area contributed by atoms with Crippen LogP contribution >= 0.6 is 27.3 Å². The summed E-state index contributed by atoms with van der Waals surface area (Å²) >= 11 is 5.30. The van der Waals surface area contributed by atoms with Gasteiger partial charge in [-0.05, 0) is 11.6 Å². The first-order valence-corrected chi connectivity index (χ1v) is 6.74. The minimum Gasteiger partial charge on any atom is -0.294 e. The van der Waals surface area contributed by atoms with Crippen molar-refractivity contribution in [3.05, 3.63) is 45.5 Å². The van der Waals surface area contributed by atoms with Crippen molar-refractivity contribution < 1.29 is 0 Å². The van der Waals surface area contributed by atoms with Crippen LogP contribution in [0.25, 0.3) is 16.2 Å². The lowest BCUT2D eigenvalue weighted by Gasteiger charge is -2.00. The molecule has 0 saturated carbocycles. The van der Waals surface area contributed by atoms with Crippen LogP contribution in [-0.4, -0.2) is 9.38 Å². The maximum Gasteiger partial charge on any atom is 0.194 e. The van der Waals surface area contributed by atoms with E-state index in [0.717, 1.165) is 17.1 Å². The molecule has 16 heavy (non-hydrogen) atoms. The average molecular weight is 291 g/mol. The highest BCUT2D eigenvalue weighted by molar-refractivity contribution is 9.10. The zero-order chi connectivity index (χ0) is 10.7. The fraction of sp³-hybridized carbons (Fsp3) is 0.0833. The molecular weight excluding hydrogens is 284 g/mol. The minimum absolute atomic E-state index is 0.976. The topological polar surface area (TPSA) is 17.3 Å². The molecule has 0 bridgehead atoms. The Bertz CT molecular complexity index is 711. The van der Waals surface area contributed by atoms with E-state index in [1.165, 1.54) is 21.3 Å². The highest BCUT2D eigenvalue weighted by Gasteiger charge is 2.25. The lowest BCUT2D eigenvalue weighted by atomic mass is 10.1. The number of fused-ring (bicyclic) bond motifs is 5. The van der Waals surface area contributed by atoms with Gasteiger partial charge in [0, 0.05) is 28.0 Å². The second-order valence-electron chi connectivity index (χ2n) is 3.91. The number of aromatic nitrogens is 2. The number of thiazole rings is 1. The molecule has 3 aromatic rings. The molecule has 0 unspecified atom stereocenters. The third-order valence-corrected chi connectivity index (χ3v) is 4.58. The normalized spacial score (nSPS) is 13.1. The number of nitrogens with zero attached hydrogens (tertiary/aromatic N) is 2. The molecule has 2 nitrogen and oxygen atoms in total. The third-order valence-electron chi connectivity index (χ3n) is 3.08. The first-order valence-electron chi connectivity index (χ1n) is 5.07. The van der Waals surface area contributed by atoms with Crippen molar-refractivity contribution in [2.75, 3.05) is 0 Å². The number of imidazole rings is 1. The fourth-order valence-corrected chi connectivity index (χ4v) is 3.58. The predicted octanol–water partition coefficient (Wildman–Crippen LogP) is 3.73. The van der Waals surface area contributed by atoms with Gasteiger partial charge < -0.3 is 0 Å². The number of rotatable bonds is 0. The van der Waals surface area contributed by atoms with Gasteiger partial charge >= 0.3 is 0 Å². The monoisotopic (exact) mass is 290 g/mol. The third kappa shape index (κ3) is 0.987. The molecule has 1 aromatic carbocycles. The van der Waals surface area contributed by atoms with Gasteiger partial charge in [-0.3, -0.25) is 4.40 Å². The van der Waals surface area contributed by atoms with Gasteiger partial charge in [0.05, 0.1) is 11.4 Å². The average Bonchev–Trinajstić information content (AvgIpc) is 2.89. The number of hydrogen-bond acceptors (Lipinski definition) is 2. The molecule has 0 atom stereocenters. The Morgan fingerprint density at radius 3 is 3.25 bits per heavy atom. The molecule has 0 saturated heterocycles. The van der Waals surface area contributed by atoms with Crippen molar-refractivity contribution in [3.63, 3.8) is 0 Å². The lowest BCUT2D eigenvalue weighted by Crippen LogP contribution is -1.88. The Morgan fingerprint density at radius 1 is 1.38 bits per heavy atom. The van der Waals surface area contributed by atoms with E-state index in [0.29, 0.717) is 0 Å². The smallest absolute Gasteiger partial charge is 0.194 e. The van der Waals surface area contributed by atoms with E-state index in [4.69, 9.17) is 4.98 Å². The molecule has 4 heteroatoms. The predicted molar refractivity (Wildman–Crippen MR) is 69.0 cm³/mol. The van der Waals surface area contributed by atoms with Crippen LogP contribution < -0.4 is 0 Å². The van der Waals surface area contributed by atoms with Crippen molar-refractivity contribution in [3.8, 4) is 11.3 Å². The molecule has 0 fully saturated rings. The summed E-state index contributed by atoms with van der Waals surface area (Å²) in [5, 5.41) is 2.08. The van der Waals surface area contributed by atoms with Gasteiger partial charge in [-0.1, -0.05) is 28.1 Å². The first-order chi connectivity index (χ1) is 7.84. The summed E-state index contributed by atoms with van der Waals surface area (Å²) in [4.78, 5) is 5.79. The summed E-state index contributed by atoms with van der Waals surface area (Å²) < 4.78 is 3.39. The van der Waals surface area contributed by atoms with E-state index in [2.05, 4.69) is 50.1 Å². The van der Waals surface area contributed by atoms with E-state index in [1.54, 1.807) is 11.3 Å². The summed E-state index contributed by atoms with van der Waals surface area (Å²) in [5.41, 5.74) is 5.11. The molecular formula is C12H7BrN2S. The van der Waals surface area contributed by atoms with Crippen LogP contribution in [0.1, 0.15) is 11.3 Å². The molecule has 1 aliphatic rings. The number of hydrogen-bond donors (Lipinski definition) is 0. The van der Waals surface area contributed by atoms with E-state index in [1.807, 2.05) is 0 Å². The van der Waals surface area contributed by atoms with Crippen LogP contribution in [0.3, 0.4) is 0 Å². The van der Waals surface area contributed by atoms with Crippen molar-refractivity contribution in [1.82, 2.24) is 9.38 Å². The molecule has 1 aliphatic carbocycles. The first kappa shape index (κ1) is 8.96. The van der Waals surface area contributed by atoms with Gasteiger partial charge in [-0.2, -0.15) is 0 Å². The standard InChI is InChI=1S/C12H7BrN2S/c13-9-3-1-2-7-8(9)6-10-11(7)14-12-15(10)4-5-16-12/h1-5H,6H2. The van der Waals surface area contributed by atoms with Crippen LogP contribution in [0.5, 0.6) is 0 Å². The summed E-state index contributed by atoms with van der Waals surface area (Å²) in [6.07, 6.45) is 3.08. The summed E-state index contributed by atoms with van der Waals surface area (Å²) in [5.74, 6) is 0. The quantitative estimate of drug-likeness (QED) is 0.482. The molecule has 0 radical (unpaired) electrons. The van der Waals surface area contributed by atoms with Gasteiger partial charge in [0.2, 0.25) is 0 Å². The molecule has 78 valence electrons. The molecule has 0 amide bonds. The molecule has 0 N–H and O–H groups in total. The molecule has 0 spiro atoms. The van der Waals surface area contributed by atoms with E-state index in [9.17, 15) is 0 Å². The highest BCUT2D eigenvalue weighted by atomic mass is 79.9. The van der Waals surface area contributed by atoms with Crippen molar-refractivity contribution in [1.29, 1.82) is 0 Å². The second kappa shape index (κ2) is 2.96. The Labute approximate surface area is 105 Å². The highest BCUT2D eigenvalue weighted by Crippen LogP contribution is 2.40. The zero-order valence-corrected chi connectivity index (χ0v) is 10.7. The van der Waals surface area contributed by atoms with Gasteiger partial charge in [0.1, 0.15) is 0 Å². The maximum absolute atomic E-state index is 4.70. The number of benzene rings is 1. The van der Waals surface area contributed by atoms with Crippen LogP contribution in [0.4, 0.5) is 0 Å². The fourth-order valence-electron chi connectivity index (χ4n) is 2.34. The Morgan fingerprint density at radius 2 is 2.31 bits per heavy atom. The van der Waals surface area contributed by atoms with Gasteiger partial charge in [0.25, 0.3) is 0 Å². The van der Waals surface area contributed by atoms with Crippen molar-refractivity contribution in [2.24, 2.45) is 0 Å². The molecule has 0 aliphatic heterocycles. The Balaban J connectivity index is 2.11. The van der Waals surface area contributed by atoms with E-state index in [-0.39, 0.29) is 0 Å². The van der Waals surface area contributed by atoms with Gasteiger partial charge in [0.15, 0.2) is 4.96 Å². The maximum atomic E-state index is 4.70. The van der Waals surface area contributed by atoms with Crippen LogP contribution in [0.2, 0.25) is 0 Å². The zero-order valence-electron chi connectivity index (χ0n) is 8.27. The summed E-state index contributed by atoms with van der Waals surface area (Å²) in [6.45, 7) is 0. The number of halogens is 1. The van der Waals surface area contributed by atoms with E-state index < -0.39 is 0 Å². The lowest BCUT2D eigenvalue weighted by molar-refractivity contribution is 1.07. The Hall–Kier alpha value is -1.13. The molecule has 2 heterocycles. The van der Waals surface area contributed by atoms with Crippen LogP contribution in [0, 0.1) is 0 Å². The van der Waals surface area contributed by atoms with Crippen LogP contribution in [0.15, 0.2) is 34.2 Å². The van der Waals surface area contributed by atoms with Gasteiger partial charge in [-0.15, -0.1) is 11.3 Å². The Kier molecular flexibility index (Phi) is 1.66. The minimum atomic E-state index is 0.976. The molecule has 2 aromatic heterocycles. The second-order valence-corrected chi connectivity index (χ2v) is 5.63. The van der Waals surface area contributed by atoms with Crippen molar-refractivity contribution >= 4 is 32.2 Å². The van der Waals surface area contributed by atoms with Gasteiger partial charge in [-0.25, -0.2) is 4.98 Å². The largest absolute Gasteiger partial charge is 0.294 e. The summed E-state index contributed by atoms with van der Waals surface area (Å²) in [7, 11) is 0. The van der Waals surface area contributed by atoms with E-state index >= 15 is 0 Å². The SMILES string of the molecule is Brc1cccc2c1Cc1c-2nc2sccn12. The molecule has 4 rings (SSSR count).